The molecule has 0 fully saturated rings. The first-order valence-electron chi connectivity index (χ1n) is 7.64. The number of benzene rings is 1. The van der Waals surface area contributed by atoms with Crippen LogP contribution in [-0.2, 0) is 4.79 Å². The predicted molar refractivity (Wildman–Crippen MR) is 108 cm³/mol. The molecular formula is C17H22ClN3O2S2. The number of rotatable bonds is 8. The zero-order valence-corrected chi connectivity index (χ0v) is 16.3. The number of thioether (sulfide) groups is 1. The Kier molecular flexibility index (Phi) is 9.59. The molecule has 1 unspecified atom stereocenters. The molecule has 136 valence electrons. The maximum absolute atomic E-state index is 12.0. The molecule has 0 bridgehead atoms. The van der Waals surface area contributed by atoms with Crippen molar-refractivity contribution >= 4 is 53.0 Å². The summed E-state index contributed by atoms with van der Waals surface area (Å²) in [6, 6.07) is 10.9. The highest BCUT2D eigenvalue weighted by Crippen LogP contribution is 2.23. The number of hydrogen-bond donors (Lipinski definition) is 3. The summed E-state index contributed by atoms with van der Waals surface area (Å²) in [4.78, 5) is 23.9. The van der Waals surface area contributed by atoms with Crippen LogP contribution < -0.4 is 16.4 Å². The van der Waals surface area contributed by atoms with Crippen LogP contribution in [-0.4, -0.2) is 30.2 Å². The van der Waals surface area contributed by atoms with E-state index in [1.54, 1.807) is 35.6 Å². The molecule has 0 spiro atoms. The first-order chi connectivity index (χ1) is 11.5. The molecular weight excluding hydrogens is 378 g/mol. The second-order valence-corrected chi connectivity index (χ2v) is 7.59. The van der Waals surface area contributed by atoms with Crippen LogP contribution in [0, 0.1) is 0 Å². The van der Waals surface area contributed by atoms with Crippen LogP contribution in [0.3, 0.4) is 0 Å². The molecule has 2 aromatic rings. The Morgan fingerprint density at radius 3 is 2.56 bits per heavy atom. The van der Waals surface area contributed by atoms with Gasteiger partial charge >= 0.3 is 0 Å². The Balaban J connectivity index is 0.00000312. The van der Waals surface area contributed by atoms with Crippen LogP contribution in [0.15, 0.2) is 46.0 Å². The van der Waals surface area contributed by atoms with Gasteiger partial charge in [0, 0.05) is 23.8 Å². The largest absolute Gasteiger partial charge is 0.352 e. The molecule has 1 heterocycles. The van der Waals surface area contributed by atoms with Gasteiger partial charge in [-0.1, -0.05) is 6.07 Å². The minimum absolute atomic E-state index is 0. The number of nitrogens with two attached hydrogens (primary N) is 1. The lowest BCUT2D eigenvalue weighted by atomic mass is 10.2. The van der Waals surface area contributed by atoms with Gasteiger partial charge in [0.1, 0.15) is 0 Å². The number of nitrogens with one attached hydrogen (secondary N) is 2. The Morgan fingerprint density at radius 1 is 1.24 bits per heavy atom. The summed E-state index contributed by atoms with van der Waals surface area (Å²) in [5.41, 5.74) is 6.89. The van der Waals surface area contributed by atoms with E-state index in [0.717, 1.165) is 10.6 Å². The van der Waals surface area contributed by atoms with E-state index in [-0.39, 0.29) is 30.3 Å². The zero-order valence-electron chi connectivity index (χ0n) is 13.9. The van der Waals surface area contributed by atoms with E-state index >= 15 is 0 Å². The number of hydrogen-bond acceptors (Lipinski definition) is 5. The fourth-order valence-corrected chi connectivity index (χ4v) is 3.48. The van der Waals surface area contributed by atoms with Crippen molar-refractivity contribution in [1.29, 1.82) is 0 Å². The highest BCUT2D eigenvalue weighted by atomic mass is 35.5. The second kappa shape index (κ2) is 11.1. The Hall–Kier alpha value is -1.54. The van der Waals surface area contributed by atoms with Gasteiger partial charge in [-0.2, -0.15) is 0 Å². The van der Waals surface area contributed by atoms with Gasteiger partial charge in [-0.05, 0) is 49.1 Å². The lowest BCUT2D eigenvalue weighted by molar-refractivity contribution is -0.113. The third-order valence-electron chi connectivity index (χ3n) is 3.16. The molecule has 5 nitrogen and oxygen atoms in total. The van der Waals surface area contributed by atoms with Crippen LogP contribution >= 0.6 is 35.5 Å². The van der Waals surface area contributed by atoms with Crippen LogP contribution in [0.1, 0.15) is 23.7 Å². The molecule has 8 heteroatoms. The fourth-order valence-electron chi connectivity index (χ4n) is 1.90. The lowest BCUT2D eigenvalue weighted by Gasteiger charge is -2.08. The normalized spacial score (nSPS) is 11.3. The van der Waals surface area contributed by atoms with E-state index in [9.17, 15) is 9.59 Å². The third kappa shape index (κ3) is 7.92. The molecule has 1 aromatic carbocycles. The Labute approximate surface area is 162 Å². The van der Waals surface area contributed by atoms with Gasteiger partial charge in [0.05, 0.1) is 9.96 Å². The number of halogens is 1. The average Bonchev–Trinajstić information content (AvgIpc) is 3.06. The van der Waals surface area contributed by atoms with Gasteiger partial charge in [-0.25, -0.2) is 0 Å². The highest BCUT2D eigenvalue weighted by Gasteiger charge is 2.07. The first-order valence-corrected chi connectivity index (χ1v) is 9.51. The van der Waals surface area contributed by atoms with Gasteiger partial charge < -0.3 is 16.4 Å². The van der Waals surface area contributed by atoms with Crippen molar-refractivity contribution in [3.63, 3.8) is 0 Å². The molecule has 2 amide bonds. The van der Waals surface area contributed by atoms with Gasteiger partial charge in [-0.3, -0.25) is 9.59 Å². The Bertz CT molecular complexity index is 661. The number of amides is 2. The van der Waals surface area contributed by atoms with Crippen LogP contribution in [0.5, 0.6) is 0 Å². The van der Waals surface area contributed by atoms with Gasteiger partial charge in [0.25, 0.3) is 5.91 Å². The van der Waals surface area contributed by atoms with Crippen molar-refractivity contribution in [3.05, 3.63) is 47.3 Å². The molecule has 0 aliphatic carbocycles. The van der Waals surface area contributed by atoms with Gasteiger partial charge in [0.2, 0.25) is 5.91 Å². The maximum Gasteiger partial charge on any atom is 0.251 e. The third-order valence-corrected chi connectivity index (χ3v) is 5.29. The summed E-state index contributed by atoms with van der Waals surface area (Å²) >= 11 is 3.12. The first kappa shape index (κ1) is 21.5. The second-order valence-electron chi connectivity index (χ2n) is 5.37. The SMILES string of the molecule is CC(N)CCNC(=O)c1ccc(NC(=O)CSc2cccs2)cc1.Cl. The topological polar surface area (TPSA) is 84.2 Å². The standard InChI is InChI=1S/C17H21N3O2S2.ClH/c1-12(18)8-9-19-17(22)13-4-6-14(7-5-13)20-15(21)11-24-16-3-2-10-23-16;/h2-7,10,12H,8-9,11,18H2,1H3,(H,19,22)(H,20,21);1H. The van der Waals surface area contributed by atoms with Crippen molar-refractivity contribution in [2.75, 3.05) is 17.6 Å². The van der Waals surface area contributed by atoms with Crippen LogP contribution in [0.25, 0.3) is 0 Å². The van der Waals surface area contributed by atoms with Crippen LogP contribution in [0.2, 0.25) is 0 Å². The average molecular weight is 400 g/mol. The number of anilines is 1. The highest BCUT2D eigenvalue weighted by molar-refractivity contribution is 8.01. The van der Waals surface area contributed by atoms with Gasteiger partial charge in [-0.15, -0.1) is 35.5 Å². The smallest absolute Gasteiger partial charge is 0.251 e. The van der Waals surface area contributed by atoms with Gasteiger partial charge in [0.15, 0.2) is 0 Å². The lowest BCUT2D eigenvalue weighted by Crippen LogP contribution is -2.28. The van der Waals surface area contributed by atoms with Crippen molar-refractivity contribution in [3.8, 4) is 0 Å². The number of carbonyl (C=O) groups excluding carboxylic acids is 2. The summed E-state index contributed by atoms with van der Waals surface area (Å²) in [5, 5.41) is 7.63. The molecule has 0 radical (unpaired) electrons. The predicted octanol–water partition coefficient (Wildman–Crippen LogP) is 3.37. The van der Waals surface area contributed by atoms with Crippen molar-refractivity contribution < 1.29 is 9.59 Å². The van der Waals surface area contributed by atoms with E-state index < -0.39 is 0 Å². The van der Waals surface area contributed by atoms with E-state index in [1.165, 1.54) is 11.8 Å². The molecule has 0 saturated heterocycles. The monoisotopic (exact) mass is 399 g/mol. The summed E-state index contributed by atoms with van der Waals surface area (Å²) in [5.74, 6) is 0.157. The maximum atomic E-state index is 12.0. The fraction of sp³-hybridized carbons (Fsp3) is 0.294. The summed E-state index contributed by atoms with van der Waals surface area (Å²) in [7, 11) is 0. The van der Waals surface area contributed by atoms with E-state index in [1.807, 2.05) is 24.4 Å². The summed E-state index contributed by atoms with van der Waals surface area (Å²) in [6.07, 6.45) is 0.738. The molecule has 1 atom stereocenters. The Morgan fingerprint density at radius 2 is 1.96 bits per heavy atom. The van der Waals surface area contributed by atoms with E-state index in [4.69, 9.17) is 5.73 Å². The van der Waals surface area contributed by atoms with Crippen molar-refractivity contribution in [1.82, 2.24) is 5.32 Å². The molecule has 0 saturated carbocycles. The molecule has 25 heavy (non-hydrogen) atoms. The molecule has 0 aliphatic heterocycles. The van der Waals surface area contributed by atoms with Crippen LogP contribution in [0.4, 0.5) is 5.69 Å². The van der Waals surface area contributed by atoms with E-state index in [0.29, 0.717) is 23.5 Å². The van der Waals surface area contributed by atoms with E-state index in [2.05, 4.69) is 10.6 Å². The van der Waals surface area contributed by atoms with Crippen molar-refractivity contribution in [2.45, 2.75) is 23.6 Å². The molecule has 4 N–H and O–H groups in total. The zero-order chi connectivity index (χ0) is 17.4. The minimum Gasteiger partial charge on any atom is -0.352 e. The minimum atomic E-state index is -0.137. The molecule has 1 aromatic heterocycles. The summed E-state index contributed by atoms with van der Waals surface area (Å²) in [6.45, 7) is 2.45. The number of thiophene rings is 1. The number of carbonyl (C=O) groups is 2. The molecule has 2 rings (SSSR count). The summed E-state index contributed by atoms with van der Waals surface area (Å²) < 4.78 is 1.11. The van der Waals surface area contributed by atoms with Crippen molar-refractivity contribution in [2.24, 2.45) is 5.73 Å². The quantitative estimate of drug-likeness (QED) is 0.594. The molecule has 0 aliphatic rings.